The number of ether oxygens (including phenoxy) is 3. The number of hydrogen-bond acceptors (Lipinski definition) is 8. The summed E-state index contributed by atoms with van der Waals surface area (Å²) < 4.78 is 17.2. The molecule has 192 valence electrons. The molecule has 2 fully saturated rings. The van der Waals surface area contributed by atoms with Crippen LogP contribution in [0, 0.1) is 11.8 Å². The molecule has 6 rings (SSSR count). The second kappa shape index (κ2) is 8.98. The van der Waals surface area contributed by atoms with Gasteiger partial charge in [0.1, 0.15) is 24.4 Å². The predicted octanol–water partition coefficient (Wildman–Crippen LogP) is 0.473. The minimum Gasteiger partial charge on any atom is -0.471 e. The molecule has 36 heavy (non-hydrogen) atoms. The summed E-state index contributed by atoms with van der Waals surface area (Å²) in [6, 6.07) is 8.01. The van der Waals surface area contributed by atoms with E-state index in [0.717, 1.165) is 17.6 Å². The first kappa shape index (κ1) is 23.7. The summed E-state index contributed by atoms with van der Waals surface area (Å²) in [5, 5.41) is 41.3. The number of para-hydroxylation sites is 1. The van der Waals surface area contributed by atoms with E-state index >= 15 is 0 Å². The maximum absolute atomic E-state index is 13.5. The summed E-state index contributed by atoms with van der Waals surface area (Å²) in [6.45, 7) is 4.01. The lowest BCUT2D eigenvalue weighted by Gasteiger charge is -2.48. The van der Waals surface area contributed by atoms with Crippen LogP contribution in [0.4, 0.5) is 0 Å². The molecule has 1 aromatic heterocycles. The van der Waals surface area contributed by atoms with Crippen molar-refractivity contribution < 1.29 is 39.4 Å². The van der Waals surface area contributed by atoms with E-state index in [1.54, 1.807) is 6.08 Å². The smallest absolute Gasteiger partial charge is 0.253 e. The molecule has 10 heteroatoms. The molecular weight excluding hydrogens is 468 g/mol. The average Bonchev–Trinajstić information content (AvgIpc) is 3.28. The number of amides is 1. The van der Waals surface area contributed by atoms with E-state index in [9.17, 15) is 25.2 Å². The van der Waals surface area contributed by atoms with Gasteiger partial charge in [0.25, 0.3) is 5.91 Å². The van der Waals surface area contributed by atoms with Crippen LogP contribution in [-0.2, 0) is 25.4 Å². The van der Waals surface area contributed by atoms with Crippen LogP contribution in [0.3, 0.4) is 0 Å². The molecular formula is C26H30N2O8. The second-order valence-electron chi connectivity index (χ2n) is 9.89. The van der Waals surface area contributed by atoms with Gasteiger partial charge in [-0.05, 0) is 24.5 Å². The highest BCUT2D eigenvalue weighted by atomic mass is 16.8. The highest BCUT2D eigenvalue weighted by Crippen LogP contribution is 2.48. The zero-order valence-electron chi connectivity index (χ0n) is 19.6. The number of aliphatic hydroxyl groups excluding tert-OH is 4. The van der Waals surface area contributed by atoms with Crippen LogP contribution in [0.2, 0.25) is 0 Å². The normalized spacial score (nSPS) is 38.0. The highest BCUT2D eigenvalue weighted by Gasteiger charge is 2.51. The molecule has 5 N–H and O–H groups in total. The fraction of sp³-hybridized carbons (Fsp3) is 0.500. The number of fused-ring (bicyclic) bond motifs is 6. The van der Waals surface area contributed by atoms with Crippen molar-refractivity contribution in [2.45, 2.75) is 55.9 Å². The molecule has 0 unspecified atom stereocenters. The molecule has 2 aromatic rings. The van der Waals surface area contributed by atoms with E-state index < -0.39 is 49.5 Å². The molecule has 0 bridgehead atoms. The lowest BCUT2D eigenvalue weighted by atomic mass is 9.74. The van der Waals surface area contributed by atoms with Crippen LogP contribution in [0.25, 0.3) is 10.9 Å². The molecule has 9 atom stereocenters. The largest absolute Gasteiger partial charge is 0.471 e. The monoisotopic (exact) mass is 498 g/mol. The molecule has 4 aliphatic rings. The number of aliphatic hydroxyl groups is 4. The number of carbonyl (C=O) groups excluding carboxylic acids is 1. The molecule has 1 amide bonds. The number of nitrogens with one attached hydrogen (secondary N) is 1. The lowest BCUT2D eigenvalue weighted by molar-refractivity contribution is -0.339. The van der Waals surface area contributed by atoms with Gasteiger partial charge in [-0.1, -0.05) is 24.3 Å². The minimum absolute atomic E-state index is 0.0845. The molecule has 0 spiro atoms. The lowest BCUT2D eigenvalue weighted by Crippen LogP contribution is -2.60. The van der Waals surface area contributed by atoms with Gasteiger partial charge < -0.3 is 44.5 Å². The molecule has 5 heterocycles. The standard InChI is InChI=1S/C26H30N2O8/c1-2-12-15-9-18-20-14(13-5-3-4-6-17(13)27-20)7-8-28(18)24(33)16(15)11-34-25(12)36-26-23(32)22(31)21(30)19(10-29)35-26/h2-6,11-12,15,18-19,21-23,25-27,29-32H,1,7-10H2/t12-,15-,18+,19+,21+,22-,23+,25-,26-/m0/s1. The van der Waals surface area contributed by atoms with E-state index in [-0.39, 0.29) is 17.9 Å². The number of carbonyl (C=O) groups is 1. The van der Waals surface area contributed by atoms with Gasteiger partial charge in [-0.25, -0.2) is 0 Å². The van der Waals surface area contributed by atoms with E-state index in [1.807, 2.05) is 23.1 Å². The van der Waals surface area contributed by atoms with Gasteiger partial charge >= 0.3 is 0 Å². The summed E-state index contributed by atoms with van der Waals surface area (Å²) in [5.74, 6) is -0.783. The quantitative estimate of drug-likeness (QED) is 0.383. The Balaban J connectivity index is 1.28. The molecule has 0 saturated carbocycles. The molecule has 2 saturated heterocycles. The molecule has 4 aliphatic heterocycles. The van der Waals surface area contributed by atoms with Gasteiger partial charge in [0.15, 0.2) is 6.29 Å². The van der Waals surface area contributed by atoms with Gasteiger partial charge in [-0.2, -0.15) is 0 Å². The summed E-state index contributed by atoms with van der Waals surface area (Å²) in [7, 11) is 0. The second-order valence-corrected chi connectivity index (χ2v) is 9.89. The number of aromatic nitrogens is 1. The molecule has 0 radical (unpaired) electrons. The number of piperidine rings is 1. The average molecular weight is 499 g/mol. The van der Waals surface area contributed by atoms with Crippen LogP contribution in [0.5, 0.6) is 0 Å². The Morgan fingerprint density at radius 2 is 1.97 bits per heavy atom. The van der Waals surface area contributed by atoms with E-state index in [0.29, 0.717) is 18.5 Å². The van der Waals surface area contributed by atoms with E-state index in [2.05, 4.69) is 17.6 Å². The Bertz CT molecular complexity index is 1210. The van der Waals surface area contributed by atoms with Gasteiger partial charge in [-0.3, -0.25) is 4.79 Å². The van der Waals surface area contributed by atoms with Crippen LogP contribution < -0.4 is 0 Å². The Kier molecular flexibility index (Phi) is 5.90. The van der Waals surface area contributed by atoms with Crippen molar-refractivity contribution in [2.75, 3.05) is 13.2 Å². The first-order valence-corrected chi connectivity index (χ1v) is 12.3. The van der Waals surface area contributed by atoms with Crippen molar-refractivity contribution in [3.63, 3.8) is 0 Å². The predicted molar refractivity (Wildman–Crippen MR) is 126 cm³/mol. The third-order valence-electron chi connectivity index (χ3n) is 8.04. The van der Waals surface area contributed by atoms with E-state index in [4.69, 9.17) is 14.2 Å². The summed E-state index contributed by atoms with van der Waals surface area (Å²) >= 11 is 0. The first-order chi connectivity index (χ1) is 17.4. The molecule has 0 aliphatic carbocycles. The topological polar surface area (TPSA) is 145 Å². The van der Waals surface area contributed by atoms with Gasteiger partial charge in [0.05, 0.1) is 24.5 Å². The number of rotatable bonds is 4. The van der Waals surface area contributed by atoms with Gasteiger partial charge in [-0.15, -0.1) is 6.58 Å². The third kappa shape index (κ3) is 3.52. The number of H-pyrrole nitrogens is 1. The van der Waals surface area contributed by atoms with Crippen molar-refractivity contribution >= 4 is 16.8 Å². The third-order valence-corrected chi connectivity index (χ3v) is 8.04. The van der Waals surface area contributed by atoms with E-state index in [1.165, 1.54) is 17.2 Å². The zero-order valence-corrected chi connectivity index (χ0v) is 19.6. The number of nitrogens with zero attached hydrogens (tertiary/aromatic N) is 1. The van der Waals surface area contributed by atoms with Crippen molar-refractivity contribution in [3.8, 4) is 0 Å². The Morgan fingerprint density at radius 3 is 2.75 bits per heavy atom. The SMILES string of the molecule is C=C[C@@H]1[C@H](O[C@@H]2O[C@H](CO)[C@@H](O)[C@H](O)[C@H]2O)OC=C2C(=O)N3CCc4c([nH]c5ccccc45)[C@H]3C[C@H]21. The number of benzene rings is 1. The summed E-state index contributed by atoms with van der Waals surface area (Å²) in [4.78, 5) is 19.0. The number of hydrogen-bond donors (Lipinski definition) is 5. The van der Waals surface area contributed by atoms with Gasteiger partial charge in [0, 0.05) is 35.0 Å². The minimum atomic E-state index is -1.56. The molecule has 1 aromatic carbocycles. The maximum atomic E-state index is 13.5. The Hall–Kier alpha value is -2.73. The highest BCUT2D eigenvalue weighted by molar-refractivity contribution is 5.96. The first-order valence-electron chi connectivity index (χ1n) is 12.3. The van der Waals surface area contributed by atoms with Crippen LogP contribution in [0.15, 0.2) is 48.8 Å². The summed E-state index contributed by atoms with van der Waals surface area (Å²) in [6.07, 6.45) is -3.53. The fourth-order valence-electron chi connectivity index (χ4n) is 6.13. The van der Waals surface area contributed by atoms with Crippen LogP contribution in [-0.4, -0.2) is 86.4 Å². The molecule has 10 nitrogen and oxygen atoms in total. The van der Waals surface area contributed by atoms with Crippen molar-refractivity contribution in [3.05, 3.63) is 60.0 Å². The maximum Gasteiger partial charge on any atom is 0.253 e. The van der Waals surface area contributed by atoms with Crippen molar-refractivity contribution in [1.82, 2.24) is 9.88 Å². The van der Waals surface area contributed by atoms with Crippen LogP contribution >= 0.6 is 0 Å². The Labute approximate surface area is 207 Å². The number of aromatic amines is 1. The van der Waals surface area contributed by atoms with Crippen molar-refractivity contribution in [2.24, 2.45) is 11.8 Å². The fourth-order valence-corrected chi connectivity index (χ4v) is 6.13. The zero-order chi connectivity index (χ0) is 25.1. The van der Waals surface area contributed by atoms with Crippen molar-refractivity contribution in [1.29, 1.82) is 0 Å². The summed E-state index contributed by atoms with van der Waals surface area (Å²) in [5.41, 5.74) is 3.89. The van der Waals surface area contributed by atoms with Crippen LogP contribution in [0.1, 0.15) is 23.7 Å². The van der Waals surface area contributed by atoms with Gasteiger partial charge in [0.2, 0.25) is 6.29 Å². The Morgan fingerprint density at radius 1 is 1.17 bits per heavy atom.